The van der Waals surface area contributed by atoms with E-state index in [0.717, 1.165) is 5.56 Å². The zero-order valence-electron chi connectivity index (χ0n) is 13.1. The Morgan fingerprint density at radius 2 is 2.15 bits per heavy atom. The molecule has 8 heteroatoms. The molecule has 1 heterocycles. The van der Waals surface area contributed by atoms with Crippen LogP contribution in [0.2, 0.25) is 0 Å². The van der Waals surface area contributed by atoms with Crippen molar-refractivity contribution in [2.75, 3.05) is 0 Å². The molecule has 0 amide bonds. The number of phenols is 1. The quantitative estimate of drug-likeness (QED) is 0.348. The van der Waals surface area contributed by atoms with Crippen molar-refractivity contribution in [3.63, 3.8) is 0 Å². The van der Waals surface area contributed by atoms with Gasteiger partial charge in [-0.3, -0.25) is 10.1 Å². The molecule has 0 aliphatic carbocycles. The summed E-state index contributed by atoms with van der Waals surface area (Å²) >= 11 is 4.52. The molecule has 1 N–H and O–H groups in total. The summed E-state index contributed by atoms with van der Waals surface area (Å²) in [6, 6.07) is 13.2. The average molecular weight is 428 g/mol. The second kappa shape index (κ2) is 7.47. The smallest absolute Gasteiger partial charge is 0.270 e. The van der Waals surface area contributed by atoms with E-state index in [1.54, 1.807) is 35.7 Å². The Balaban J connectivity index is 1.96. The maximum Gasteiger partial charge on any atom is 0.270 e. The topological polar surface area (TPSA) is 100 Å². The molecule has 0 saturated carbocycles. The Kier molecular flexibility index (Phi) is 5.11. The van der Waals surface area contributed by atoms with Gasteiger partial charge in [-0.05, 0) is 39.7 Å². The zero-order chi connectivity index (χ0) is 18.7. The molecule has 0 radical (unpaired) electrons. The van der Waals surface area contributed by atoms with E-state index in [-0.39, 0.29) is 11.4 Å². The minimum atomic E-state index is -0.458. The van der Waals surface area contributed by atoms with Gasteiger partial charge in [0, 0.05) is 23.1 Å². The number of hydrogen-bond donors (Lipinski definition) is 1. The van der Waals surface area contributed by atoms with E-state index < -0.39 is 4.92 Å². The fourth-order valence-electron chi connectivity index (χ4n) is 2.23. The van der Waals surface area contributed by atoms with Gasteiger partial charge in [0.1, 0.15) is 16.8 Å². The summed E-state index contributed by atoms with van der Waals surface area (Å²) in [6.45, 7) is 0. The van der Waals surface area contributed by atoms with Crippen LogP contribution in [0.15, 0.2) is 52.3 Å². The number of nitro benzene ring substituents is 1. The number of halogens is 1. The third-order valence-electron chi connectivity index (χ3n) is 3.49. The first-order valence-electron chi connectivity index (χ1n) is 7.29. The zero-order valence-corrected chi connectivity index (χ0v) is 15.5. The number of nitrogens with zero attached hydrogens (tertiary/aromatic N) is 3. The molecule has 0 aliphatic rings. The van der Waals surface area contributed by atoms with Crippen LogP contribution in [-0.4, -0.2) is 15.0 Å². The van der Waals surface area contributed by atoms with Gasteiger partial charge >= 0.3 is 0 Å². The van der Waals surface area contributed by atoms with Gasteiger partial charge < -0.3 is 5.11 Å². The number of allylic oxidation sites excluding steroid dienone is 1. The highest BCUT2D eigenvalue weighted by atomic mass is 79.9. The number of non-ortho nitro benzene ring substituents is 1. The maximum absolute atomic E-state index is 10.9. The van der Waals surface area contributed by atoms with E-state index in [1.165, 1.54) is 29.5 Å². The molecular weight excluding hydrogens is 418 g/mol. The number of nitriles is 1. The first-order valence-corrected chi connectivity index (χ1v) is 8.96. The minimum Gasteiger partial charge on any atom is -0.507 e. The molecule has 0 spiro atoms. The molecular formula is C18H10BrN3O3S. The predicted molar refractivity (Wildman–Crippen MR) is 103 cm³/mol. The molecule has 1 aromatic heterocycles. The van der Waals surface area contributed by atoms with Gasteiger partial charge in [-0.2, -0.15) is 5.26 Å². The van der Waals surface area contributed by atoms with Crippen LogP contribution >= 0.6 is 27.3 Å². The van der Waals surface area contributed by atoms with Crippen molar-refractivity contribution in [3.8, 4) is 23.1 Å². The standard InChI is InChI=1S/C18H10BrN3O3S/c19-15-7-11(4-5-17(15)23)6-13(9-20)18-21-16(10-26-18)12-2-1-3-14(8-12)22(24)25/h1-8,10,23H. The molecule has 128 valence electrons. The van der Waals surface area contributed by atoms with Crippen molar-refractivity contribution in [2.24, 2.45) is 0 Å². The second-order valence-electron chi connectivity index (χ2n) is 5.23. The lowest BCUT2D eigenvalue weighted by Crippen LogP contribution is -1.88. The van der Waals surface area contributed by atoms with Gasteiger partial charge in [-0.15, -0.1) is 11.3 Å². The highest BCUT2D eigenvalue weighted by molar-refractivity contribution is 9.10. The van der Waals surface area contributed by atoms with Crippen molar-refractivity contribution in [3.05, 3.63) is 73.0 Å². The van der Waals surface area contributed by atoms with Crippen LogP contribution in [0.4, 0.5) is 5.69 Å². The molecule has 0 unspecified atom stereocenters. The molecule has 3 aromatic rings. The highest BCUT2D eigenvalue weighted by Gasteiger charge is 2.12. The number of thiazole rings is 1. The van der Waals surface area contributed by atoms with Crippen molar-refractivity contribution >= 4 is 44.6 Å². The van der Waals surface area contributed by atoms with Gasteiger partial charge in [0.2, 0.25) is 0 Å². The monoisotopic (exact) mass is 427 g/mol. The SMILES string of the molecule is N#CC(=Cc1ccc(O)c(Br)c1)c1nc(-c2cccc([N+](=O)[O-])c2)cs1. The number of hydrogen-bond acceptors (Lipinski definition) is 6. The van der Waals surface area contributed by atoms with Crippen LogP contribution < -0.4 is 0 Å². The van der Waals surface area contributed by atoms with Crippen LogP contribution in [0.5, 0.6) is 5.75 Å². The Labute approximate surface area is 161 Å². The largest absolute Gasteiger partial charge is 0.507 e. The third-order valence-corrected chi connectivity index (χ3v) is 5.00. The van der Waals surface area contributed by atoms with Gasteiger partial charge in [-0.25, -0.2) is 4.98 Å². The van der Waals surface area contributed by atoms with Crippen molar-refractivity contribution < 1.29 is 10.0 Å². The Morgan fingerprint density at radius 3 is 2.85 bits per heavy atom. The fraction of sp³-hybridized carbons (Fsp3) is 0. The number of phenolic OH excluding ortho intramolecular Hbond substituents is 1. The molecule has 6 nitrogen and oxygen atoms in total. The van der Waals surface area contributed by atoms with Gasteiger partial charge in [-0.1, -0.05) is 18.2 Å². The first kappa shape index (κ1) is 17.8. The Bertz CT molecular complexity index is 1070. The van der Waals surface area contributed by atoms with Gasteiger partial charge in [0.05, 0.1) is 20.7 Å². The van der Waals surface area contributed by atoms with Crippen LogP contribution in [0.25, 0.3) is 22.9 Å². The maximum atomic E-state index is 10.9. The van der Waals surface area contributed by atoms with Gasteiger partial charge in [0.25, 0.3) is 5.69 Å². The second-order valence-corrected chi connectivity index (χ2v) is 6.94. The van der Waals surface area contributed by atoms with Gasteiger partial charge in [0.15, 0.2) is 0 Å². The lowest BCUT2D eigenvalue weighted by Gasteiger charge is -2.00. The van der Waals surface area contributed by atoms with Crippen LogP contribution in [0.1, 0.15) is 10.6 Å². The van der Waals surface area contributed by atoms with E-state index in [1.807, 2.05) is 0 Å². The Hall–Kier alpha value is -3.02. The predicted octanol–water partition coefficient (Wildman–Crippen LogP) is 5.25. The number of rotatable bonds is 4. The lowest BCUT2D eigenvalue weighted by atomic mass is 10.1. The number of aromatic hydroxyl groups is 1. The third kappa shape index (κ3) is 3.79. The van der Waals surface area contributed by atoms with E-state index >= 15 is 0 Å². The molecule has 3 rings (SSSR count). The lowest BCUT2D eigenvalue weighted by molar-refractivity contribution is -0.384. The van der Waals surface area contributed by atoms with Crippen molar-refractivity contribution in [1.29, 1.82) is 5.26 Å². The van der Waals surface area contributed by atoms with Crippen LogP contribution in [-0.2, 0) is 0 Å². The van der Waals surface area contributed by atoms with Crippen molar-refractivity contribution in [2.45, 2.75) is 0 Å². The molecule has 2 aromatic carbocycles. The summed E-state index contributed by atoms with van der Waals surface area (Å²) < 4.78 is 0.528. The minimum absolute atomic E-state index is 0.0120. The normalized spacial score (nSPS) is 11.2. The van der Waals surface area contributed by atoms with Crippen molar-refractivity contribution in [1.82, 2.24) is 4.98 Å². The summed E-state index contributed by atoms with van der Waals surface area (Å²) in [5.41, 5.74) is 2.28. The van der Waals surface area contributed by atoms with Crippen LogP contribution in [0, 0.1) is 21.4 Å². The Morgan fingerprint density at radius 1 is 1.35 bits per heavy atom. The summed E-state index contributed by atoms with van der Waals surface area (Å²) in [4.78, 5) is 14.9. The molecule has 0 atom stereocenters. The molecule has 0 aliphatic heterocycles. The summed E-state index contributed by atoms with van der Waals surface area (Å²) in [7, 11) is 0. The summed E-state index contributed by atoms with van der Waals surface area (Å²) in [5.74, 6) is 0.114. The average Bonchev–Trinajstić information content (AvgIpc) is 3.12. The molecule has 0 bridgehead atoms. The first-order chi connectivity index (χ1) is 12.5. The van der Waals surface area contributed by atoms with E-state index in [4.69, 9.17) is 0 Å². The number of nitro groups is 1. The highest BCUT2D eigenvalue weighted by Crippen LogP contribution is 2.30. The molecule has 0 fully saturated rings. The molecule has 0 saturated heterocycles. The fourth-order valence-corrected chi connectivity index (χ4v) is 3.42. The van der Waals surface area contributed by atoms with E-state index in [9.17, 15) is 20.5 Å². The van der Waals surface area contributed by atoms with E-state index in [2.05, 4.69) is 27.0 Å². The number of benzene rings is 2. The van der Waals surface area contributed by atoms with E-state index in [0.29, 0.717) is 26.3 Å². The summed E-state index contributed by atoms with van der Waals surface area (Å²) in [6.07, 6.45) is 1.67. The number of aromatic nitrogens is 1. The summed E-state index contributed by atoms with van der Waals surface area (Å²) in [5, 5.41) is 32.2. The molecule has 26 heavy (non-hydrogen) atoms. The van der Waals surface area contributed by atoms with Crippen LogP contribution in [0.3, 0.4) is 0 Å².